The molecule has 3 heterocycles. The molecule has 0 unspecified atom stereocenters. The monoisotopic (exact) mass is 468 g/mol. The van der Waals surface area contributed by atoms with Gasteiger partial charge < -0.3 is 15.0 Å². The van der Waals surface area contributed by atoms with E-state index in [-0.39, 0.29) is 18.0 Å². The molecule has 178 valence electrons. The van der Waals surface area contributed by atoms with Gasteiger partial charge in [-0.3, -0.25) is 14.6 Å². The molecule has 0 atom stereocenters. The number of cyclic esters (lactones) is 1. The first-order valence-electron chi connectivity index (χ1n) is 12.1. The summed E-state index contributed by atoms with van der Waals surface area (Å²) in [7, 11) is 0. The van der Waals surface area contributed by atoms with Crippen molar-refractivity contribution in [1.82, 2.24) is 9.88 Å². The second-order valence-corrected chi connectivity index (χ2v) is 9.48. The highest BCUT2D eigenvalue weighted by molar-refractivity contribution is 6.09. The van der Waals surface area contributed by atoms with Gasteiger partial charge >= 0.3 is 6.09 Å². The zero-order valence-electron chi connectivity index (χ0n) is 19.7. The highest BCUT2D eigenvalue weighted by Crippen LogP contribution is 2.33. The van der Waals surface area contributed by atoms with Crippen molar-refractivity contribution in [2.24, 2.45) is 0 Å². The summed E-state index contributed by atoms with van der Waals surface area (Å²) in [4.78, 5) is 32.8. The van der Waals surface area contributed by atoms with Gasteiger partial charge in [0, 0.05) is 52.2 Å². The van der Waals surface area contributed by atoms with Crippen LogP contribution in [0.3, 0.4) is 0 Å². The molecule has 0 radical (unpaired) electrons. The quantitative estimate of drug-likeness (QED) is 0.432. The number of aryl methyl sites for hydroxylation is 1. The number of carbonyl (C=O) groups is 2. The number of nitrogens with zero attached hydrogens (tertiary/aromatic N) is 2. The normalized spacial score (nSPS) is 16.9. The molecular formula is C28H28N4O3. The number of benzene rings is 3. The maximum absolute atomic E-state index is 12.8. The van der Waals surface area contributed by atoms with E-state index in [0.29, 0.717) is 13.2 Å². The largest absolute Gasteiger partial charge is 0.444 e. The van der Waals surface area contributed by atoms with Gasteiger partial charge in [-0.15, -0.1) is 0 Å². The Bertz CT molecular complexity index is 1430. The molecule has 6 rings (SSSR count). The molecule has 4 aromatic rings. The third-order valence-electron chi connectivity index (χ3n) is 7.26. The number of nitrogens with one attached hydrogen (secondary N) is 2. The fraction of sp³-hybridized carbons (Fsp3) is 0.286. The van der Waals surface area contributed by atoms with Gasteiger partial charge in [0.15, 0.2) is 0 Å². The van der Waals surface area contributed by atoms with Crippen LogP contribution in [-0.2, 0) is 16.1 Å². The first-order chi connectivity index (χ1) is 17.1. The summed E-state index contributed by atoms with van der Waals surface area (Å²) >= 11 is 0. The second kappa shape index (κ2) is 8.74. The summed E-state index contributed by atoms with van der Waals surface area (Å²) in [5.74, 6) is -0.0269. The molecule has 3 aromatic carbocycles. The molecule has 2 aliphatic heterocycles. The molecule has 0 aliphatic carbocycles. The number of likely N-dealkylation sites (tertiary alicyclic amines) is 1. The van der Waals surface area contributed by atoms with Crippen LogP contribution in [0.25, 0.3) is 21.8 Å². The Kier molecular flexibility index (Phi) is 5.41. The van der Waals surface area contributed by atoms with Crippen LogP contribution in [0.15, 0.2) is 60.7 Å². The Hall–Kier alpha value is -3.84. The zero-order chi connectivity index (χ0) is 23.9. The van der Waals surface area contributed by atoms with Crippen molar-refractivity contribution in [2.75, 3.05) is 29.9 Å². The molecule has 1 saturated heterocycles. The second-order valence-electron chi connectivity index (χ2n) is 9.48. The summed E-state index contributed by atoms with van der Waals surface area (Å²) in [5.41, 5.74) is 6.12. The van der Waals surface area contributed by atoms with Gasteiger partial charge in [-0.1, -0.05) is 30.3 Å². The van der Waals surface area contributed by atoms with Crippen LogP contribution in [0.5, 0.6) is 0 Å². The number of H-pyrrole nitrogens is 1. The molecule has 1 aromatic heterocycles. The van der Waals surface area contributed by atoms with Crippen LogP contribution in [-0.4, -0.2) is 47.6 Å². The van der Waals surface area contributed by atoms with Gasteiger partial charge in [0.2, 0.25) is 5.91 Å². The van der Waals surface area contributed by atoms with E-state index in [2.05, 4.69) is 27.3 Å². The van der Waals surface area contributed by atoms with Crippen molar-refractivity contribution in [3.8, 4) is 0 Å². The average Bonchev–Trinajstić information content (AvgIpc) is 3.23. The Balaban J connectivity index is 1.09. The number of para-hydroxylation sites is 1. The van der Waals surface area contributed by atoms with Crippen LogP contribution in [0.1, 0.15) is 24.0 Å². The third kappa shape index (κ3) is 4.02. The number of fused-ring (bicyclic) bond motifs is 4. The number of aromatic amines is 1. The molecule has 2 aliphatic rings. The van der Waals surface area contributed by atoms with Gasteiger partial charge in [0.25, 0.3) is 0 Å². The SMILES string of the molecule is Cc1cccc2c1COC(=O)N2C1CCN(CC(=O)Nc2ccc3[nH]c4ccccc4c3c2)CC1. The topological polar surface area (TPSA) is 77.7 Å². The van der Waals surface area contributed by atoms with Crippen molar-refractivity contribution in [3.05, 3.63) is 71.8 Å². The number of hydrogen-bond acceptors (Lipinski definition) is 4. The fourth-order valence-corrected chi connectivity index (χ4v) is 5.41. The van der Waals surface area contributed by atoms with Crippen LogP contribution in [0, 0.1) is 6.92 Å². The van der Waals surface area contributed by atoms with E-state index in [1.165, 1.54) is 0 Å². The van der Waals surface area contributed by atoms with Crippen molar-refractivity contribution in [3.63, 3.8) is 0 Å². The standard InChI is InChI=1S/C28H28N4O3/c1-18-5-4-8-26-23(18)17-35-28(34)32(26)20-11-13-31(14-12-20)16-27(33)29-19-9-10-25-22(15-19)21-6-2-3-7-24(21)30-25/h2-10,15,20,30H,11-14,16-17H2,1H3,(H,29,33). The van der Waals surface area contributed by atoms with Crippen molar-refractivity contribution in [2.45, 2.75) is 32.4 Å². The van der Waals surface area contributed by atoms with E-state index in [1.54, 1.807) is 0 Å². The molecule has 1 fully saturated rings. The summed E-state index contributed by atoms with van der Waals surface area (Å²) in [6.45, 7) is 4.22. The van der Waals surface area contributed by atoms with E-state index in [9.17, 15) is 9.59 Å². The number of carbonyl (C=O) groups excluding carboxylic acids is 2. The minimum absolute atomic E-state index is 0.0269. The third-order valence-corrected chi connectivity index (χ3v) is 7.26. The molecule has 2 N–H and O–H groups in total. The minimum Gasteiger partial charge on any atom is -0.444 e. The highest BCUT2D eigenvalue weighted by Gasteiger charge is 2.34. The Morgan fingerprint density at radius 3 is 2.69 bits per heavy atom. The number of anilines is 2. The van der Waals surface area contributed by atoms with E-state index >= 15 is 0 Å². The lowest BCUT2D eigenvalue weighted by Crippen LogP contribution is -2.50. The summed E-state index contributed by atoms with van der Waals surface area (Å²) in [5, 5.41) is 5.30. The van der Waals surface area contributed by atoms with Crippen molar-refractivity contribution < 1.29 is 14.3 Å². The predicted molar refractivity (Wildman–Crippen MR) is 138 cm³/mol. The number of amides is 2. The number of rotatable bonds is 4. The summed E-state index contributed by atoms with van der Waals surface area (Å²) in [6, 6.07) is 20.3. The molecule has 35 heavy (non-hydrogen) atoms. The molecular weight excluding hydrogens is 440 g/mol. The predicted octanol–water partition coefficient (Wildman–Crippen LogP) is 5.19. The summed E-state index contributed by atoms with van der Waals surface area (Å²) in [6.07, 6.45) is 1.33. The van der Waals surface area contributed by atoms with Gasteiger partial charge in [0.1, 0.15) is 6.61 Å². The van der Waals surface area contributed by atoms with E-state index < -0.39 is 0 Å². The van der Waals surface area contributed by atoms with E-state index in [0.717, 1.165) is 70.2 Å². The van der Waals surface area contributed by atoms with E-state index in [4.69, 9.17) is 4.74 Å². The van der Waals surface area contributed by atoms with Crippen molar-refractivity contribution in [1.29, 1.82) is 0 Å². The van der Waals surface area contributed by atoms with E-state index in [1.807, 2.05) is 60.4 Å². The number of aromatic nitrogens is 1. The van der Waals surface area contributed by atoms with Gasteiger partial charge in [-0.2, -0.15) is 0 Å². The molecule has 0 bridgehead atoms. The Labute approximate surface area is 203 Å². The average molecular weight is 469 g/mol. The Morgan fingerprint density at radius 2 is 1.83 bits per heavy atom. The van der Waals surface area contributed by atoms with Crippen LogP contribution >= 0.6 is 0 Å². The maximum atomic E-state index is 12.8. The van der Waals surface area contributed by atoms with Gasteiger partial charge in [-0.05, 0) is 55.7 Å². The number of ether oxygens (including phenoxy) is 1. The van der Waals surface area contributed by atoms with Crippen LogP contribution in [0.4, 0.5) is 16.2 Å². The van der Waals surface area contributed by atoms with Crippen LogP contribution in [0.2, 0.25) is 0 Å². The smallest absolute Gasteiger partial charge is 0.414 e. The van der Waals surface area contributed by atoms with Crippen molar-refractivity contribution >= 4 is 45.2 Å². The highest BCUT2D eigenvalue weighted by atomic mass is 16.6. The molecule has 0 spiro atoms. The fourth-order valence-electron chi connectivity index (χ4n) is 5.41. The Morgan fingerprint density at radius 1 is 1.03 bits per heavy atom. The molecule has 0 saturated carbocycles. The van der Waals surface area contributed by atoms with Gasteiger partial charge in [0.05, 0.1) is 12.2 Å². The van der Waals surface area contributed by atoms with Gasteiger partial charge in [-0.25, -0.2) is 4.79 Å². The first kappa shape index (κ1) is 21.7. The first-order valence-corrected chi connectivity index (χ1v) is 12.1. The molecule has 7 nitrogen and oxygen atoms in total. The van der Waals surface area contributed by atoms with Crippen LogP contribution < -0.4 is 10.2 Å². The number of hydrogen-bond donors (Lipinski definition) is 2. The zero-order valence-corrected chi connectivity index (χ0v) is 19.7. The lowest BCUT2D eigenvalue weighted by atomic mass is 9.99. The minimum atomic E-state index is -0.271. The summed E-state index contributed by atoms with van der Waals surface area (Å²) < 4.78 is 5.47. The number of piperidine rings is 1. The lowest BCUT2D eigenvalue weighted by molar-refractivity contribution is -0.117. The maximum Gasteiger partial charge on any atom is 0.414 e. The molecule has 2 amide bonds. The molecule has 7 heteroatoms. The lowest BCUT2D eigenvalue weighted by Gasteiger charge is -2.40.